The number of hydrogen-bond donors (Lipinski definition) is 0. The fourth-order valence-electron chi connectivity index (χ4n) is 2.97. The molecule has 0 N–H and O–H groups in total. The third kappa shape index (κ3) is 3.79. The van der Waals surface area contributed by atoms with E-state index in [1.165, 1.54) is 16.8 Å². The zero-order valence-electron chi connectivity index (χ0n) is 13.0. The van der Waals surface area contributed by atoms with Crippen LogP contribution in [0, 0.1) is 6.92 Å². The second-order valence-electron chi connectivity index (χ2n) is 5.87. The fraction of sp³-hybridized carbons (Fsp3) is 0.389. The molecule has 1 aliphatic heterocycles. The van der Waals surface area contributed by atoms with Crippen LogP contribution in [0.4, 0.5) is 5.69 Å². The fourth-order valence-corrected chi connectivity index (χ4v) is 3.14. The Balaban J connectivity index is 1.53. The van der Waals surface area contributed by atoms with Crippen LogP contribution in [-0.4, -0.2) is 42.6 Å². The Hall–Kier alpha value is -1.58. The topological polar surface area (TPSA) is 19.4 Å². The van der Waals surface area contributed by atoms with Gasteiger partial charge in [0, 0.05) is 55.8 Å². The maximum Gasteiger partial charge on any atom is 0.0426 e. The minimum atomic E-state index is 0.819. The highest BCUT2D eigenvalue weighted by Crippen LogP contribution is 2.25. The number of piperazine rings is 1. The van der Waals surface area contributed by atoms with Crippen molar-refractivity contribution in [2.75, 3.05) is 37.6 Å². The van der Waals surface area contributed by atoms with Gasteiger partial charge in [0.05, 0.1) is 0 Å². The summed E-state index contributed by atoms with van der Waals surface area (Å²) < 4.78 is 0. The summed E-state index contributed by atoms with van der Waals surface area (Å²) in [4.78, 5) is 9.16. The molecular formula is C18H22ClN3. The molecule has 116 valence electrons. The minimum absolute atomic E-state index is 0.819. The quantitative estimate of drug-likeness (QED) is 0.862. The first-order chi connectivity index (χ1) is 10.7. The SMILES string of the molecule is Cc1ccc(Cl)cc1N1CCN(CCc2cccnc2)CC1. The lowest BCUT2D eigenvalue weighted by atomic mass is 10.1. The molecule has 0 atom stereocenters. The number of aromatic nitrogens is 1. The number of hydrogen-bond acceptors (Lipinski definition) is 3. The van der Waals surface area contributed by atoms with Crippen LogP contribution in [0.3, 0.4) is 0 Å². The maximum absolute atomic E-state index is 6.14. The molecule has 1 aromatic carbocycles. The van der Waals surface area contributed by atoms with Crippen molar-refractivity contribution in [3.63, 3.8) is 0 Å². The molecule has 3 rings (SSSR count). The summed E-state index contributed by atoms with van der Waals surface area (Å²) in [5, 5.41) is 0.819. The summed E-state index contributed by atoms with van der Waals surface area (Å²) in [6, 6.07) is 10.3. The Morgan fingerprint density at radius 3 is 2.68 bits per heavy atom. The first-order valence-corrected chi connectivity index (χ1v) is 8.22. The minimum Gasteiger partial charge on any atom is -0.369 e. The highest BCUT2D eigenvalue weighted by atomic mass is 35.5. The standard InChI is InChI=1S/C18H22ClN3/c1-15-4-5-17(19)13-18(15)22-11-9-21(10-12-22)8-6-16-3-2-7-20-14-16/h2-5,7,13-14H,6,8-12H2,1H3. The van der Waals surface area contributed by atoms with Gasteiger partial charge in [-0.05, 0) is 42.7 Å². The van der Waals surface area contributed by atoms with E-state index in [2.05, 4.69) is 39.9 Å². The van der Waals surface area contributed by atoms with E-state index < -0.39 is 0 Å². The molecule has 1 aromatic heterocycles. The number of pyridine rings is 1. The smallest absolute Gasteiger partial charge is 0.0426 e. The molecule has 4 heteroatoms. The van der Waals surface area contributed by atoms with Gasteiger partial charge in [-0.3, -0.25) is 9.88 Å². The van der Waals surface area contributed by atoms with Crippen molar-refractivity contribution in [1.29, 1.82) is 0 Å². The van der Waals surface area contributed by atoms with E-state index in [-0.39, 0.29) is 0 Å². The number of rotatable bonds is 4. The Morgan fingerprint density at radius 2 is 1.95 bits per heavy atom. The van der Waals surface area contributed by atoms with Crippen LogP contribution in [0.15, 0.2) is 42.7 Å². The van der Waals surface area contributed by atoms with Gasteiger partial charge >= 0.3 is 0 Å². The molecule has 3 nitrogen and oxygen atoms in total. The van der Waals surface area contributed by atoms with Crippen molar-refractivity contribution in [2.45, 2.75) is 13.3 Å². The highest BCUT2D eigenvalue weighted by Gasteiger charge is 2.18. The third-order valence-corrected chi connectivity index (χ3v) is 4.56. The number of nitrogens with zero attached hydrogens (tertiary/aromatic N) is 3. The van der Waals surface area contributed by atoms with Gasteiger partial charge in [0.2, 0.25) is 0 Å². The van der Waals surface area contributed by atoms with Crippen LogP contribution in [0.25, 0.3) is 0 Å². The second kappa shape index (κ2) is 7.12. The number of benzene rings is 1. The average Bonchev–Trinajstić information content (AvgIpc) is 2.57. The average molecular weight is 316 g/mol. The van der Waals surface area contributed by atoms with E-state index in [0.29, 0.717) is 0 Å². The molecule has 0 unspecified atom stereocenters. The molecule has 2 aromatic rings. The van der Waals surface area contributed by atoms with E-state index in [9.17, 15) is 0 Å². The van der Waals surface area contributed by atoms with E-state index in [1.54, 1.807) is 0 Å². The molecule has 0 amide bonds. The van der Waals surface area contributed by atoms with Crippen LogP contribution < -0.4 is 4.90 Å². The molecule has 1 aliphatic rings. The van der Waals surface area contributed by atoms with Gasteiger partial charge in [-0.15, -0.1) is 0 Å². The Kier molecular flexibility index (Phi) is 4.96. The first kappa shape index (κ1) is 15.3. The molecule has 0 saturated carbocycles. The molecule has 1 saturated heterocycles. The number of halogens is 1. The zero-order chi connectivity index (χ0) is 15.4. The van der Waals surface area contributed by atoms with E-state index in [4.69, 9.17) is 11.6 Å². The van der Waals surface area contributed by atoms with Crippen molar-refractivity contribution >= 4 is 17.3 Å². The van der Waals surface area contributed by atoms with E-state index >= 15 is 0 Å². The summed E-state index contributed by atoms with van der Waals surface area (Å²) >= 11 is 6.14. The Bertz CT molecular complexity index is 607. The number of aryl methyl sites for hydroxylation is 1. The van der Waals surface area contributed by atoms with Crippen LogP contribution in [0.5, 0.6) is 0 Å². The van der Waals surface area contributed by atoms with E-state index in [0.717, 1.165) is 44.2 Å². The lowest BCUT2D eigenvalue weighted by Gasteiger charge is -2.36. The largest absolute Gasteiger partial charge is 0.369 e. The second-order valence-corrected chi connectivity index (χ2v) is 6.31. The van der Waals surface area contributed by atoms with Crippen molar-refractivity contribution < 1.29 is 0 Å². The van der Waals surface area contributed by atoms with Crippen LogP contribution >= 0.6 is 11.6 Å². The van der Waals surface area contributed by atoms with Gasteiger partial charge in [-0.2, -0.15) is 0 Å². The Labute approximate surface area is 137 Å². The van der Waals surface area contributed by atoms with Gasteiger partial charge in [-0.1, -0.05) is 23.7 Å². The lowest BCUT2D eigenvalue weighted by molar-refractivity contribution is 0.261. The van der Waals surface area contributed by atoms with Gasteiger partial charge in [0.1, 0.15) is 0 Å². The monoisotopic (exact) mass is 315 g/mol. The summed E-state index contributed by atoms with van der Waals surface area (Å²) in [7, 11) is 0. The molecule has 0 radical (unpaired) electrons. The molecule has 2 heterocycles. The first-order valence-electron chi connectivity index (χ1n) is 7.85. The van der Waals surface area contributed by atoms with Gasteiger partial charge in [0.25, 0.3) is 0 Å². The van der Waals surface area contributed by atoms with Gasteiger partial charge in [0.15, 0.2) is 0 Å². The summed E-state index contributed by atoms with van der Waals surface area (Å²) in [5.74, 6) is 0. The Morgan fingerprint density at radius 1 is 1.14 bits per heavy atom. The summed E-state index contributed by atoms with van der Waals surface area (Å²) in [5.41, 5.74) is 3.89. The summed E-state index contributed by atoms with van der Waals surface area (Å²) in [6.45, 7) is 7.59. The van der Waals surface area contributed by atoms with Crippen molar-refractivity contribution in [3.05, 3.63) is 58.9 Å². The number of anilines is 1. The predicted octanol–water partition coefficient (Wildman–Crippen LogP) is 3.41. The zero-order valence-corrected chi connectivity index (χ0v) is 13.8. The lowest BCUT2D eigenvalue weighted by Crippen LogP contribution is -2.47. The van der Waals surface area contributed by atoms with Gasteiger partial charge in [-0.25, -0.2) is 0 Å². The molecular weight excluding hydrogens is 294 g/mol. The molecule has 0 bridgehead atoms. The third-order valence-electron chi connectivity index (χ3n) is 4.32. The molecule has 22 heavy (non-hydrogen) atoms. The molecule has 0 aliphatic carbocycles. The van der Waals surface area contributed by atoms with Gasteiger partial charge < -0.3 is 4.90 Å². The van der Waals surface area contributed by atoms with Crippen LogP contribution in [-0.2, 0) is 6.42 Å². The predicted molar refractivity (Wildman–Crippen MR) is 92.8 cm³/mol. The van der Waals surface area contributed by atoms with Crippen LogP contribution in [0.1, 0.15) is 11.1 Å². The molecule has 0 spiro atoms. The maximum atomic E-state index is 6.14. The molecule has 1 fully saturated rings. The van der Waals surface area contributed by atoms with E-state index in [1.807, 2.05) is 24.5 Å². The summed E-state index contributed by atoms with van der Waals surface area (Å²) in [6.07, 6.45) is 4.87. The van der Waals surface area contributed by atoms with Crippen molar-refractivity contribution in [1.82, 2.24) is 9.88 Å². The normalized spacial score (nSPS) is 16.0. The van der Waals surface area contributed by atoms with Crippen LogP contribution in [0.2, 0.25) is 5.02 Å². The van der Waals surface area contributed by atoms with Crippen molar-refractivity contribution in [3.8, 4) is 0 Å². The highest BCUT2D eigenvalue weighted by molar-refractivity contribution is 6.30. The van der Waals surface area contributed by atoms with Crippen molar-refractivity contribution in [2.24, 2.45) is 0 Å².